The van der Waals surface area contributed by atoms with E-state index in [0.717, 1.165) is 0 Å². The predicted molar refractivity (Wildman–Crippen MR) is 170 cm³/mol. The van der Waals surface area contributed by atoms with Crippen LogP contribution >= 0.6 is 0 Å². The van der Waals surface area contributed by atoms with Gasteiger partial charge in [-0.3, -0.25) is 0 Å². The molecule has 0 aliphatic rings. The molecular formula is C38H32Si. The van der Waals surface area contributed by atoms with Gasteiger partial charge in [-0.15, -0.1) is 0 Å². The molecule has 0 spiro atoms. The van der Waals surface area contributed by atoms with Crippen LogP contribution in [0.5, 0.6) is 0 Å². The van der Waals surface area contributed by atoms with Crippen molar-refractivity contribution in [3.63, 3.8) is 0 Å². The van der Waals surface area contributed by atoms with E-state index >= 15 is 0 Å². The lowest BCUT2D eigenvalue weighted by Gasteiger charge is -2.34. The van der Waals surface area contributed by atoms with Gasteiger partial charge in [0, 0.05) is 0 Å². The number of aryl methyl sites for hydroxylation is 2. The summed E-state index contributed by atoms with van der Waals surface area (Å²) in [6.07, 6.45) is 0. The van der Waals surface area contributed by atoms with Gasteiger partial charge in [0.15, 0.2) is 8.07 Å². The van der Waals surface area contributed by atoms with E-state index in [-0.39, 0.29) is 0 Å². The zero-order chi connectivity index (χ0) is 26.7. The molecule has 0 unspecified atom stereocenters. The molecule has 0 radical (unpaired) electrons. The molecule has 0 fully saturated rings. The Bertz CT molecular complexity index is 1630. The first kappa shape index (κ1) is 24.8. The van der Waals surface area contributed by atoms with Crippen LogP contribution in [-0.4, -0.2) is 8.07 Å². The van der Waals surface area contributed by atoms with Crippen LogP contribution in [0.4, 0.5) is 0 Å². The summed E-state index contributed by atoms with van der Waals surface area (Å²) in [4.78, 5) is 0. The van der Waals surface area contributed by atoms with Gasteiger partial charge in [-0.05, 0) is 68.5 Å². The predicted octanol–water partition coefficient (Wildman–Crippen LogP) is 7.01. The molecule has 0 aliphatic carbocycles. The summed E-state index contributed by atoms with van der Waals surface area (Å²) in [7, 11) is -2.52. The normalized spacial score (nSPS) is 11.3. The van der Waals surface area contributed by atoms with Gasteiger partial charge in [0.2, 0.25) is 0 Å². The third-order valence-corrected chi connectivity index (χ3v) is 12.5. The highest BCUT2D eigenvalue weighted by atomic mass is 28.3. The quantitative estimate of drug-likeness (QED) is 0.165. The maximum absolute atomic E-state index is 2.52. The molecular weight excluding hydrogens is 485 g/mol. The fourth-order valence-corrected chi connectivity index (χ4v) is 10.6. The summed E-state index contributed by atoms with van der Waals surface area (Å²) in [5.41, 5.74) is 7.55. The number of hydrogen-bond acceptors (Lipinski definition) is 0. The monoisotopic (exact) mass is 516 g/mol. The Morgan fingerprint density at radius 2 is 0.692 bits per heavy atom. The average Bonchev–Trinajstić information content (AvgIpc) is 3.00. The highest BCUT2D eigenvalue weighted by Crippen LogP contribution is 2.28. The molecule has 6 aromatic rings. The zero-order valence-corrected chi connectivity index (χ0v) is 23.5. The van der Waals surface area contributed by atoms with Crippen LogP contribution in [-0.2, 0) is 0 Å². The average molecular weight is 517 g/mol. The molecule has 0 aliphatic heterocycles. The lowest BCUT2D eigenvalue weighted by Crippen LogP contribution is -2.74. The fraction of sp³-hybridized carbons (Fsp3) is 0.0526. The first-order chi connectivity index (χ1) is 19.1. The second-order valence-corrected chi connectivity index (χ2v) is 14.2. The Labute approximate surface area is 233 Å². The van der Waals surface area contributed by atoms with Crippen LogP contribution in [0.25, 0.3) is 22.3 Å². The third kappa shape index (κ3) is 4.78. The second-order valence-electron chi connectivity index (χ2n) is 10.4. The summed E-state index contributed by atoms with van der Waals surface area (Å²) in [5.74, 6) is 0. The van der Waals surface area contributed by atoms with Crippen molar-refractivity contribution in [3.05, 3.63) is 169 Å². The van der Waals surface area contributed by atoms with E-state index in [1.165, 1.54) is 54.1 Å². The maximum atomic E-state index is 2.38. The van der Waals surface area contributed by atoms with Crippen LogP contribution in [0, 0.1) is 13.8 Å². The Kier molecular flexibility index (Phi) is 6.83. The number of rotatable bonds is 6. The highest BCUT2D eigenvalue weighted by molar-refractivity contribution is 7.19. The van der Waals surface area contributed by atoms with E-state index in [1.807, 2.05) is 0 Å². The van der Waals surface area contributed by atoms with Gasteiger partial charge < -0.3 is 0 Å². The van der Waals surface area contributed by atoms with Crippen molar-refractivity contribution in [2.24, 2.45) is 0 Å². The van der Waals surface area contributed by atoms with Gasteiger partial charge in [-0.25, -0.2) is 0 Å². The number of hydrogen-bond donors (Lipinski definition) is 0. The van der Waals surface area contributed by atoms with Crippen molar-refractivity contribution < 1.29 is 0 Å². The van der Waals surface area contributed by atoms with E-state index in [2.05, 4.69) is 172 Å². The first-order valence-electron chi connectivity index (χ1n) is 13.6. The molecule has 0 aromatic heterocycles. The first-order valence-corrected chi connectivity index (χ1v) is 15.6. The topological polar surface area (TPSA) is 0 Å². The molecule has 0 N–H and O–H groups in total. The van der Waals surface area contributed by atoms with Crippen LogP contribution in [0.15, 0.2) is 158 Å². The summed E-state index contributed by atoms with van der Waals surface area (Å²) in [5, 5.41) is 5.59. The SMILES string of the molecule is Cc1ccc([Si](c2ccccc2)(c2ccccc2)c2ccc(-c3cc(C)cc(-c4ccccc4)c3)cc2)cc1. The standard InChI is InChI=1S/C38H32Si/c1-29-18-22-37(23-19-29)39(35-14-8-4-9-15-35,36-16-10-5-11-17-36)38-24-20-32(21-25-38)34-27-30(2)26-33(28-34)31-12-6-3-7-13-31/h3-28H,1-2H3. The molecule has 6 aromatic carbocycles. The molecule has 6 rings (SSSR count). The van der Waals surface area contributed by atoms with Crippen molar-refractivity contribution in [2.45, 2.75) is 13.8 Å². The molecule has 0 atom stereocenters. The van der Waals surface area contributed by atoms with Gasteiger partial charge in [0.25, 0.3) is 0 Å². The lowest BCUT2D eigenvalue weighted by atomic mass is 9.97. The summed E-state index contributed by atoms with van der Waals surface area (Å²) in [6, 6.07) is 58.4. The molecule has 1 heteroatoms. The van der Waals surface area contributed by atoms with Crippen LogP contribution in [0.3, 0.4) is 0 Å². The summed E-state index contributed by atoms with van der Waals surface area (Å²) < 4.78 is 0. The minimum absolute atomic E-state index is 1.24. The smallest absolute Gasteiger partial charge is 0.0623 e. The Hall–Kier alpha value is -4.46. The Balaban J connectivity index is 1.53. The molecule has 0 nitrogen and oxygen atoms in total. The van der Waals surface area contributed by atoms with Crippen molar-refractivity contribution in [1.29, 1.82) is 0 Å². The molecule has 0 bridgehead atoms. The van der Waals surface area contributed by atoms with Gasteiger partial charge >= 0.3 is 0 Å². The van der Waals surface area contributed by atoms with E-state index in [4.69, 9.17) is 0 Å². The molecule has 188 valence electrons. The van der Waals surface area contributed by atoms with Gasteiger partial charge in [-0.2, -0.15) is 0 Å². The van der Waals surface area contributed by atoms with E-state index in [1.54, 1.807) is 0 Å². The van der Waals surface area contributed by atoms with Crippen molar-refractivity contribution in [3.8, 4) is 22.3 Å². The summed E-state index contributed by atoms with van der Waals surface area (Å²) in [6.45, 7) is 4.35. The van der Waals surface area contributed by atoms with E-state index in [0.29, 0.717) is 0 Å². The molecule has 0 saturated heterocycles. The van der Waals surface area contributed by atoms with Crippen molar-refractivity contribution in [1.82, 2.24) is 0 Å². The summed E-state index contributed by atoms with van der Waals surface area (Å²) >= 11 is 0. The number of benzene rings is 6. The third-order valence-electron chi connectivity index (χ3n) is 7.73. The van der Waals surface area contributed by atoms with E-state index < -0.39 is 8.07 Å². The van der Waals surface area contributed by atoms with Gasteiger partial charge in [0.1, 0.15) is 0 Å². The van der Waals surface area contributed by atoms with Gasteiger partial charge in [-0.1, -0.05) is 157 Å². The lowest BCUT2D eigenvalue weighted by molar-refractivity contribution is 1.46. The molecule has 39 heavy (non-hydrogen) atoms. The van der Waals surface area contributed by atoms with Gasteiger partial charge in [0.05, 0.1) is 0 Å². The van der Waals surface area contributed by atoms with Crippen molar-refractivity contribution >= 4 is 28.8 Å². The second kappa shape index (κ2) is 10.7. The largest absolute Gasteiger partial charge is 0.179 e. The van der Waals surface area contributed by atoms with Crippen LogP contribution in [0.1, 0.15) is 11.1 Å². The fourth-order valence-electron chi connectivity index (χ4n) is 5.84. The van der Waals surface area contributed by atoms with Crippen LogP contribution < -0.4 is 20.7 Å². The Morgan fingerprint density at radius 1 is 0.308 bits per heavy atom. The Morgan fingerprint density at radius 3 is 1.18 bits per heavy atom. The van der Waals surface area contributed by atoms with Crippen molar-refractivity contribution in [2.75, 3.05) is 0 Å². The highest BCUT2D eigenvalue weighted by Gasteiger charge is 2.41. The minimum Gasteiger partial charge on any atom is -0.0623 e. The van der Waals surface area contributed by atoms with E-state index in [9.17, 15) is 0 Å². The zero-order valence-electron chi connectivity index (χ0n) is 22.5. The molecule has 0 heterocycles. The maximum Gasteiger partial charge on any atom is 0.179 e. The molecule has 0 saturated carbocycles. The minimum atomic E-state index is -2.52. The molecule has 0 amide bonds. The van der Waals surface area contributed by atoms with Crippen LogP contribution in [0.2, 0.25) is 0 Å².